The number of ether oxygens (including phenoxy) is 2. The summed E-state index contributed by atoms with van der Waals surface area (Å²) in [6, 6.07) is 11.1. The molecule has 2 amide bonds. The monoisotopic (exact) mass is 462 g/mol. The van der Waals surface area contributed by atoms with E-state index in [1.165, 1.54) is 19.2 Å². The van der Waals surface area contributed by atoms with E-state index < -0.39 is 10.0 Å². The number of anilines is 2. The van der Waals surface area contributed by atoms with Crippen LogP contribution < -0.4 is 20.1 Å². The zero-order chi connectivity index (χ0) is 21.8. The Hall–Kier alpha value is -2.89. The number of sulfonamides is 1. The van der Waals surface area contributed by atoms with Gasteiger partial charge in [-0.3, -0.25) is 4.72 Å². The summed E-state index contributed by atoms with van der Waals surface area (Å²) < 4.78 is 39.2. The van der Waals surface area contributed by atoms with Crippen molar-refractivity contribution < 1.29 is 22.7 Å². The Kier molecular flexibility index (Phi) is 6.25. The van der Waals surface area contributed by atoms with E-state index in [4.69, 9.17) is 9.47 Å². The van der Waals surface area contributed by atoms with Crippen molar-refractivity contribution in [3.8, 4) is 5.75 Å². The molecule has 2 aromatic carbocycles. The number of benzene rings is 2. The number of urea groups is 1. The molecule has 9 nitrogen and oxygen atoms in total. The van der Waals surface area contributed by atoms with E-state index in [0.29, 0.717) is 28.2 Å². The minimum atomic E-state index is -3.76. The lowest BCUT2D eigenvalue weighted by atomic mass is 10.2. The molecule has 4 rings (SSSR count). The normalized spacial score (nSPS) is 16.2. The van der Waals surface area contributed by atoms with Crippen molar-refractivity contribution in [2.75, 3.05) is 30.3 Å². The third kappa shape index (κ3) is 5.06. The topological polar surface area (TPSA) is 119 Å². The van der Waals surface area contributed by atoms with Crippen molar-refractivity contribution in [1.82, 2.24) is 10.3 Å². The minimum absolute atomic E-state index is 0.0458. The van der Waals surface area contributed by atoms with Crippen molar-refractivity contribution in [3.63, 3.8) is 0 Å². The molecule has 0 spiro atoms. The first-order valence-electron chi connectivity index (χ1n) is 9.67. The van der Waals surface area contributed by atoms with E-state index in [9.17, 15) is 13.2 Å². The van der Waals surface area contributed by atoms with Crippen LogP contribution in [-0.4, -0.2) is 45.8 Å². The van der Waals surface area contributed by atoms with Gasteiger partial charge in [-0.2, -0.15) is 0 Å². The summed E-state index contributed by atoms with van der Waals surface area (Å²) in [5.74, 6) is 0.424. The van der Waals surface area contributed by atoms with Gasteiger partial charge in [-0.25, -0.2) is 18.2 Å². The molecule has 11 heteroatoms. The van der Waals surface area contributed by atoms with Gasteiger partial charge in [-0.15, -0.1) is 0 Å². The maximum Gasteiger partial charge on any atom is 0.319 e. The lowest BCUT2D eigenvalue weighted by Gasteiger charge is -2.12. The highest BCUT2D eigenvalue weighted by molar-refractivity contribution is 7.93. The number of rotatable bonds is 7. The Balaban J connectivity index is 1.51. The highest BCUT2D eigenvalue weighted by Gasteiger charge is 2.19. The summed E-state index contributed by atoms with van der Waals surface area (Å²) >= 11 is 1.15. The number of nitrogens with one attached hydrogen (secondary N) is 3. The fraction of sp³-hybridized carbons (Fsp3) is 0.300. The van der Waals surface area contributed by atoms with Gasteiger partial charge in [0, 0.05) is 24.9 Å². The molecule has 164 valence electrons. The molecule has 1 aromatic heterocycles. The second-order valence-electron chi connectivity index (χ2n) is 6.93. The van der Waals surface area contributed by atoms with Crippen LogP contribution in [0.2, 0.25) is 0 Å². The van der Waals surface area contributed by atoms with Gasteiger partial charge in [0.1, 0.15) is 11.3 Å². The first-order valence-corrected chi connectivity index (χ1v) is 12.0. The summed E-state index contributed by atoms with van der Waals surface area (Å²) in [6.07, 6.45) is 1.98. The van der Waals surface area contributed by atoms with Gasteiger partial charge in [-0.1, -0.05) is 29.5 Å². The molecule has 2 heterocycles. The molecular formula is C20H22N4O5S2. The van der Waals surface area contributed by atoms with Crippen molar-refractivity contribution in [3.05, 3.63) is 42.5 Å². The van der Waals surface area contributed by atoms with Crippen LogP contribution in [0.5, 0.6) is 5.75 Å². The number of hydrogen-bond donors (Lipinski definition) is 3. The smallest absolute Gasteiger partial charge is 0.319 e. The van der Waals surface area contributed by atoms with Crippen LogP contribution in [0.4, 0.5) is 15.6 Å². The zero-order valence-corrected chi connectivity index (χ0v) is 18.4. The van der Waals surface area contributed by atoms with Crippen molar-refractivity contribution in [2.45, 2.75) is 23.8 Å². The predicted molar refractivity (Wildman–Crippen MR) is 119 cm³/mol. The van der Waals surface area contributed by atoms with E-state index in [1.54, 1.807) is 30.3 Å². The minimum Gasteiger partial charge on any atom is -0.494 e. The van der Waals surface area contributed by atoms with Gasteiger partial charge >= 0.3 is 6.03 Å². The van der Waals surface area contributed by atoms with E-state index in [1.807, 2.05) is 0 Å². The van der Waals surface area contributed by atoms with Crippen molar-refractivity contribution in [2.24, 2.45) is 0 Å². The van der Waals surface area contributed by atoms with Crippen LogP contribution in [0.3, 0.4) is 0 Å². The molecular weight excluding hydrogens is 440 g/mol. The van der Waals surface area contributed by atoms with Gasteiger partial charge in [0.15, 0.2) is 5.13 Å². The molecule has 31 heavy (non-hydrogen) atoms. The van der Waals surface area contributed by atoms with E-state index in [2.05, 4.69) is 20.3 Å². The number of aromatic nitrogens is 1. The number of fused-ring (bicyclic) bond motifs is 1. The van der Waals surface area contributed by atoms with Crippen LogP contribution in [0.15, 0.2) is 47.4 Å². The first kappa shape index (κ1) is 21.3. The Bertz CT molecular complexity index is 1180. The molecule has 1 atom stereocenters. The molecule has 0 radical (unpaired) electrons. The maximum atomic E-state index is 12.6. The van der Waals surface area contributed by atoms with E-state index in [-0.39, 0.29) is 22.2 Å². The summed E-state index contributed by atoms with van der Waals surface area (Å²) in [4.78, 5) is 16.7. The van der Waals surface area contributed by atoms with Crippen LogP contribution in [-0.2, 0) is 14.8 Å². The number of methoxy groups -OCH3 is 1. The molecule has 3 N–H and O–H groups in total. The van der Waals surface area contributed by atoms with Crippen molar-refractivity contribution >= 4 is 48.4 Å². The van der Waals surface area contributed by atoms with E-state index >= 15 is 0 Å². The average molecular weight is 463 g/mol. The van der Waals surface area contributed by atoms with Gasteiger partial charge in [-0.05, 0) is 31.0 Å². The maximum absolute atomic E-state index is 12.6. The number of carbonyl (C=O) groups excluding carboxylic acids is 1. The Labute approximate surface area is 183 Å². The summed E-state index contributed by atoms with van der Waals surface area (Å²) in [5, 5.41) is 5.77. The SMILES string of the molecule is COc1cc(NC(=O)NC[C@H]2CCCO2)cc2sc(NS(=O)(=O)c3ccccc3)nc12. The van der Waals surface area contributed by atoms with E-state index in [0.717, 1.165) is 30.8 Å². The molecule has 1 saturated heterocycles. The molecule has 0 bridgehead atoms. The van der Waals surface area contributed by atoms with Crippen LogP contribution in [0.1, 0.15) is 12.8 Å². The number of carbonyl (C=O) groups is 1. The quantitative estimate of drug-likeness (QED) is 0.495. The van der Waals surface area contributed by atoms with Crippen LogP contribution in [0, 0.1) is 0 Å². The first-order chi connectivity index (χ1) is 14.9. The van der Waals surface area contributed by atoms with Crippen LogP contribution in [0.25, 0.3) is 10.2 Å². The number of amides is 2. The predicted octanol–water partition coefficient (Wildman–Crippen LogP) is 3.41. The second kappa shape index (κ2) is 9.08. The fourth-order valence-corrected chi connectivity index (χ4v) is 5.41. The third-order valence-corrected chi connectivity index (χ3v) is 7.13. The summed E-state index contributed by atoms with van der Waals surface area (Å²) in [6.45, 7) is 1.17. The molecule has 1 fully saturated rings. The lowest BCUT2D eigenvalue weighted by Crippen LogP contribution is -2.35. The fourth-order valence-electron chi connectivity index (χ4n) is 3.23. The largest absolute Gasteiger partial charge is 0.494 e. The summed E-state index contributed by atoms with van der Waals surface area (Å²) in [7, 11) is -2.27. The van der Waals surface area contributed by atoms with Gasteiger partial charge < -0.3 is 20.1 Å². The van der Waals surface area contributed by atoms with Crippen LogP contribution >= 0.6 is 11.3 Å². The molecule has 0 unspecified atom stereocenters. The average Bonchev–Trinajstić information content (AvgIpc) is 3.41. The van der Waals surface area contributed by atoms with Gasteiger partial charge in [0.2, 0.25) is 0 Å². The van der Waals surface area contributed by atoms with Gasteiger partial charge in [0.25, 0.3) is 10.0 Å². The zero-order valence-electron chi connectivity index (χ0n) is 16.8. The highest BCUT2D eigenvalue weighted by Crippen LogP contribution is 2.36. The molecule has 1 aliphatic heterocycles. The lowest BCUT2D eigenvalue weighted by molar-refractivity contribution is 0.112. The standard InChI is InChI=1S/C20H22N4O5S2/c1-28-16-10-13(22-19(25)21-12-14-6-5-9-29-14)11-17-18(16)23-20(30-17)24-31(26,27)15-7-3-2-4-8-15/h2-4,7-8,10-11,14H,5-6,9,12H2,1H3,(H,23,24)(H2,21,22,25)/t14-/m1/s1. The Morgan fingerprint density at radius 2 is 2.10 bits per heavy atom. The molecule has 0 saturated carbocycles. The second-order valence-corrected chi connectivity index (χ2v) is 9.65. The summed E-state index contributed by atoms with van der Waals surface area (Å²) in [5.41, 5.74) is 1.01. The molecule has 0 aliphatic carbocycles. The molecule has 3 aromatic rings. The Morgan fingerprint density at radius 3 is 2.81 bits per heavy atom. The van der Waals surface area contributed by atoms with Gasteiger partial charge in [0.05, 0.1) is 22.8 Å². The Morgan fingerprint density at radius 1 is 1.29 bits per heavy atom. The number of hydrogen-bond acceptors (Lipinski definition) is 7. The molecule has 1 aliphatic rings. The third-order valence-electron chi connectivity index (χ3n) is 4.73. The number of nitrogens with zero attached hydrogens (tertiary/aromatic N) is 1. The highest BCUT2D eigenvalue weighted by atomic mass is 32.2. The number of thiazole rings is 1. The van der Waals surface area contributed by atoms with Crippen molar-refractivity contribution in [1.29, 1.82) is 0 Å².